The van der Waals surface area contributed by atoms with Crippen molar-refractivity contribution in [2.75, 3.05) is 7.11 Å². The standard InChI is InChI=1S/C13H17ClN2O2/c1-8(2)9(3)15-16-13(17)11-7-10(14)5-6-12(11)18-4/h5-8H,1-4H3,(H,16,17). The molecule has 1 N–H and O–H groups in total. The first kappa shape index (κ1) is 14.5. The van der Waals surface area contributed by atoms with E-state index in [9.17, 15) is 4.79 Å². The van der Waals surface area contributed by atoms with Crippen molar-refractivity contribution >= 4 is 23.2 Å². The van der Waals surface area contributed by atoms with Crippen molar-refractivity contribution in [1.82, 2.24) is 5.43 Å². The molecule has 98 valence electrons. The number of hydrazone groups is 1. The molecular formula is C13H17ClN2O2. The molecule has 0 saturated carbocycles. The summed E-state index contributed by atoms with van der Waals surface area (Å²) in [5.41, 5.74) is 3.71. The van der Waals surface area contributed by atoms with Crippen molar-refractivity contribution in [2.45, 2.75) is 20.8 Å². The second-order valence-corrected chi connectivity index (χ2v) is 4.63. The fraction of sp³-hybridized carbons (Fsp3) is 0.385. The largest absolute Gasteiger partial charge is 0.496 e. The fourth-order valence-corrected chi connectivity index (χ4v) is 1.36. The van der Waals surface area contributed by atoms with Crippen LogP contribution in [0.4, 0.5) is 0 Å². The van der Waals surface area contributed by atoms with Gasteiger partial charge in [-0.3, -0.25) is 4.79 Å². The molecule has 0 bridgehead atoms. The summed E-state index contributed by atoms with van der Waals surface area (Å²) < 4.78 is 5.11. The molecule has 0 aromatic heterocycles. The van der Waals surface area contributed by atoms with Crippen LogP contribution >= 0.6 is 11.6 Å². The Hall–Kier alpha value is -1.55. The van der Waals surface area contributed by atoms with Crippen LogP contribution < -0.4 is 10.2 Å². The van der Waals surface area contributed by atoms with Crippen molar-refractivity contribution in [3.05, 3.63) is 28.8 Å². The average molecular weight is 269 g/mol. The van der Waals surface area contributed by atoms with E-state index in [0.29, 0.717) is 16.3 Å². The van der Waals surface area contributed by atoms with Crippen LogP contribution in [0, 0.1) is 5.92 Å². The molecule has 1 amide bonds. The zero-order chi connectivity index (χ0) is 13.7. The molecule has 0 saturated heterocycles. The maximum absolute atomic E-state index is 11.9. The van der Waals surface area contributed by atoms with Crippen molar-refractivity contribution in [3.8, 4) is 5.75 Å². The van der Waals surface area contributed by atoms with Gasteiger partial charge in [0.2, 0.25) is 0 Å². The summed E-state index contributed by atoms with van der Waals surface area (Å²) in [5, 5.41) is 4.50. The second-order valence-electron chi connectivity index (χ2n) is 4.19. The molecule has 0 fully saturated rings. The molecule has 0 unspecified atom stereocenters. The SMILES string of the molecule is COc1ccc(Cl)cc1C(=O)NN=C(C)C(C)C. The molecular weight excluding hydrogens is 252 g/mol. The number of ether oxygens (including phenoxy) is 1. The molecule has 1 aromatic carbocycles. The van der Waals surface area contributed by atoms with E-state index in [1.54, 1.807) is 18.2 Å². The van der Waals surface area contributed by atoms with E-state index >= 15 is 0 Å². The van der Waals surface area contributed by atoms with Crippen molar-refractivity contribution < 1.29 is 9.53 Å². The Balaban J connectivity index is 2.91. The zero-order valence-corrected chi connectivity index (χ0v) is 11.7. The first-order valence-corrected chi connectivity index (χ1v) is 6.01. The number of hydrogen-bond donors (Lipinski definition) is 1. The van der Waals surface area contributed by atoms with Gasteiger partial charge in [-0.1, -0.05) is 25.4 Å². The quantitative estimate of drug-likeness (QED) is 0.674. The highest BCUT2D eigenvalue weighted by atomic mass is 35.5. The van der Waals surface area contributed by atoms with Crippen LogP contribution in [0.5, 0.6) is 5.75 Å². The molecule has 1 rings (SSSR count). The Kier molecular flexibility index (Phi) is 5.16. The van der Waals surface area contributed by atoms with Crippen LogP contribution in [-0.4, -0.2) is 18.7 Å². The third-order valence-corrected chi connectivity index (χ3v) is 2.81. The van der Waals surface area contributed by atoms with Crippen molar-refractivity contribution in [2.24, 2.45) is 11.0 Å². The Morgan fingerprint density at radius 3 is 2.67 bits per heavy atom. The number of benzene rings is 1. The number of amides is 1. The fourth-order valence-electron chi connectivity index (χ4n) is 1.19. The van der Waals surface area contributed by atoms with Gasteiger partial charge in [0, 0.05) is 10.7 Å². The maximum Gasteiger partial charge on any atom is 0.275 e. The smallest absolute Gasteiger partial charge is 0.275 e. The zero-order valence-electron chi connectivity index (χ0n) is 11.0. The predicted molar refractivity (Wildman–Crippen MR) is 73.4 cm³/mol. The molecule has 5 heteroatoms. The Morgan fingerprint density at radius 2 is 2.11 bits per heavy atom. The van der Waals surface area contributed by atoms with Crippen LogP contribution in [0.15, 0.2) is 23.3 Å². The van der Waals surface area contributed by atoms with Gasteiger partial charge in [0.15, 0.2) is 0 Å². The number of nitrogens with one attached hydrogen (secondary N) is 1. The average Bonchev–Trinajstić information content (AvgIpc) is 2.35. The van der Waals surface area contributed by atoms with Gasteiger partial charge in [-0.15, -0.1) is 0 Å². The summed E-state index contributed by atoms with van der Waals surface area (Å²) in [6.45, 7) is 5.87. The van der Waals surface area contributed by atoms with Gasteiger partial charge < -0.3 is 4.74 Å². The van der Waals surface area contributed by atoms with Crippen molar-refractivity contribution in [1.29, 1.82) is 0 Å². The van der Waals surface area contributed by atoms with Crippen LogP contribution in [-0.2, 0) is 0 Å². The molecule has 0 aliphatic rings. The number of methoxy groups -OCH3 is 1. The molecule has 4 nitrogen and oxygen atoms in total. The number of halogens is 1. The minimum atomic E-state index is -0.339. The summed E-state index contributed by atoms with van der Waals surface area (Å²) >= 11 is 5.86. The molecule has 0 aliphatic carbocycles. The normalized spacial score (nSPS) is 11.6. The van der Waals surface area contributed by atoms with E-state index in [2.05, 4.69) is 10.5 Å². The minimum absolute atomic E-state index is 0.284. The predicted octanol–water partition coefficient (Wildman–Crippen LogP) is 3.11. The van der Waals surface area contributed by atoms with E-state index in [-0.39, 0.29) is 11.8 Å². The lowest BCUT2D eigenvalue weighted by Crippen LogP contribution is -2.21. The van der Waals surface area contributed by atoms with Gasteiger partial charge in [-0.05, 0) is 31.0 Å². The molecule has 0 heterocycles. The molecule has 0 spiro atoms. The van der Waals surface area contributed by atoms with Crippen LogP contribution in [0.3, 0.4) is 0 Å². The first-order chi connectivity index (χ1) is 8.45. The van der Waals surface area contributed by atoms with Gasteiger partial charge in [-0.2, -0.15) is 5.10 Å². The second kappa shape index (κ2) is 6.40. The van der Waals surface area contributed by atoms with E-state index in [4.69, 9.17) is 16.3 Å². The number of nitrogens with zero attached hydrogens (tertiary/aromatic N) is 1. The number of carbonyl (C=O) groups is 1. The molecule has 0 aliphatic heterocycles. The summed E-state index contributed by atoms with van der Waals surface area (Å²) in [5.74, 6) is 0.412. The van der Waals surface area contributed by atoms with Crippen molar-refractivity contribution in [3.63, 3.8) is 0 Å². The number of hydrogen-bond acceptors (Lipinski definition) is 3. The third kappa shape index (κ3) is 3.74. The molecule has 18 heavy (non-hydrogen) atoms. The molecule has 1 aromatic rings. The van der Waals surface area contributed by atoms with Gasteiger partial charge in [-0.25, -0.2) is 5.43 Å². The monoisotopic (exact) mass is 268 g/mol. The van der Waals surface area contributed by atoms with Gasteiger partial charge in [0.05, 0.1) is 12.7 Å². The summed E-state index contributed by atoms with van der Waals surface area (Å²) in [7, 11) is 1.50. The number of carbonyl (C=O) groups excluding carboxylic acids is 1. The highest BCUT2D eigenvalue weighted by molar-refractivity contribution is 6.31. The van der Waals surface area contributed by atoms with Gasteiger partial charge in [0.25, 0.3) is 5.91 Å². The van der Waals surface area contributed by atoms with E-state index in [1.807, 2.05) is 20.8 Å². The Morgan fingerprint density at radius 1 is 1.44 bits per heavy atom. The van der Waals surface area contributed by atoms with Crippen LogP contribution in [0.2, 0.25) is 5.02 Å². The van der Waals surface area contributed by atoms with E-state index in [0.717, 1.165) is 5.71 Å². The summed E-state index contributed by atoms with van der Waals surface area (Å²) in [6.07, 6.45) is 0. The van der Waals surface area contributed by atoms with Gasteiger partial charge in [0.1, 0.15) is 5.75 Å². The minimum Gasteiger partial charge on any atom is -0.496 e. The summed E-state index contributed by atoms with van der Waals surface area (Å²) in [6, 6.07) is 4.87. The maximum atomic E-state index is 11.9. The first-order valence-electron chi connectivity index (χ1n) is 5.63. The Labute approximate surface area is 112 Å². The molecule has 0 atom stereocenters. The lowest BCUT2D eigenvalue weighted by Gasteiger charge is -2.08. The lowest BCUT2D eigenvalue weighted by molar-refractivity contribution is 0.0951. The van der Waals surface area contributed by atoms with Crippen LogP contribution in [0.1, 0.15) is 31.1 Å². The molecule has 0 radical (unpaired) electrons. The number of rotatable bonds is 4. The third-order valence-electron chi connectivity index (χ3n) is 2.58. The van der Waals surface area contributed by atoms with E-state index in [1.165, 1.54) is 7.11 Å². The topological polar surface area (TPSA) is 50.7 Å². The highest BCUT2D eigenvalue weighted by Crippen LogP contribution is 2.22. The summed E-state index contributed by atoms with van der Waals surface area (Å²) in [4.78, 5) is 11.9. The van der Waals surface area contributed by atoms with E-state index < -0.39 is 0 Å². The Bertz CT molecular complexity index is 470. The van der Waals surface area contributed by atoms with Gasteiger partial charge >= 0.3 is 0 Å². The highest BCUT2D eigenvalue weighted by Gasteiger charge is 2.12. The van der Waals surface area contributed by atoms with Crippen LogP contribution in [0.25, 0.3) is 0 Å². The lowest BCUT2D eigenvalue weighted by atomic mass is 10.1.